The minimum absolute atomic E-state index is 0.112. The summed E-state index contributed by atoms with van der Waals surface area (Å²) in [5, 5.41) is 3.06. The van der Waals surface area contributed by atoms with Crippen molar-refractivity contribution in [3.8, 4) is 0 Å². The van der Waals surface area contributed by atoms with E-state index in [0.717, 1.165) is 37.2 Å². The monoisotopic (exact) mass is 347 g/mol. The fraction of sp³-hybridized carbons (Fsp3) is 0.238. The Labute approximate surface area is 152 Å². The van der Waals surface area contributed by atoms with Crippen LogP contribution in [-0.4, -0.2) is 34.9 Å². The Balaban J connectivity index is 1.29. The number of benzene rings is 2. The molecule has 1 atom stereocenters. The van der Waals surface area contributed by atoms with Gasteiger partial charge in [0.05, 0.1) is 0 Å². The number of carbonyl (C=O) groups is 1. The molecule has 0 bridgehead atoms. The summed E-state index contributed by atoms with van der Waals surface area (Å²) < 4.78 is 5.59. The van der Waals surface area contributed by atoms with E-state index < -0.39 is 0 Å². The molecule has 0 saturated carbocycles. The van der Waals surface area contributed by atoms with Crippen molar-refractivity contribution in [1.29, 1.82) is 0 Å². The number of hydrogen-bond donors (Lipinski definition) is 1. The van der Waals surface area contributed by atoms with Crippen molar-refractivity contribution < 1.29 is 9.21 Å². The highest BCUT2D eigenvalue weighted by atomic mass is 16.3. The van der Waals surface area contributed by atoms with Crippen LogP contribution in [0.3, 0.4) is 0 Å². The third-order valence-corrected chi connectivity index (χ3v) is 4.56. The molecule has 1 unspecified atom stereocenters. The maximum atomic E-state index is 12.2. The number of carbonyl (C=O) groups excluding carboxylic acids is 1. The number of nitrogens with zero attached hydrogens (tertiary/aromatic N) is 2. The third-order valence-electron chi connectivity index (χ3n) is 4.56. The zero-order valence-electron chi connectivity index (χ0n) is 14.5. The molecule has 5 heteroatoms. The van der Waals surface area contributed by atoms with Gasteiger partial charge in [0.15, 0.2) is 5.58 Å². The third kappa shape index (κ3) is 4.00. The van der Waals surface area contributed by atoms with Crippen LogP contribution in [-0.2, 0) is 11.3 Å². The Bertz CT molecular complexity index is 884. The number of nitrogens with one attached hydrogen (secondary N) is 1. The average Bonchev–Trinajstić information content (AvgIpc) is 3.27. The van der Waals surface area contributed by atoms with Crippen LogP contribution in [0.1, 0.15) is 17.9 Å². The first kappa shape index (κ1) is 16.5. The second-order valence-corrected chi connectivity index (χ2v) is 6.57. The fourth-order valence-electron chi connectivity index (χ4n) is 3.29. The second-order valence-electron chi connectivity index (χ2n) is 6.57. The SMILES string of the molecule is O=C(/C=C/c1nc2ccccc2o1)NC1CCN(Cc2ccccc2)C1. The maximum absolute atomic E-state index is 12.2. The van der Waals surface area contributed by atoms with Gasteiger partial charge in [-0.15, -0.1) is 0 Å². The Morgan fingerprint density at radius 1 is 1.19 bits per heavy atom. The van der Waals surface area contributed by atoms with Gasteiger partial charge in [-0.2, -0.15) is 0 Å². The molecule has 0 aliphatic carbocycles. The van der Waals surface area contributed by atoms with Gasteiger partial charge in [0.2, 0.25) is 11.8 Å². The van der Waals surface area contributed by atoms with Gasteiger partial charge in [-0.1, -0.05) is 42.5 Å². The minimum atomic E-state index is -0.112. The molecule has 4 rings (SSSR count). The van der Waals surface area contributed by atoms with Crippen molar-refractivity contribution in [3.05, 3.63) is 72.1 Å². The molecule has 5 nitrogen and oxygen atoms in total. The Morgan fingerprint density at radius 2 is 2.00 bits per heavy atom. The molecular weight excluding hydrogens is 326 g/mol. The van der Waals surface area contributed by atoms with Crippen molar-refractivity contribution in [2.75, 3.05) is 13.1 Å². The largest absolute Gasteiger partial charge is 0.437 e. The number of likely N-dealkylation sites (tertiary alicyclic amines) is 1. The van der Waals surface area contributed by atoms with Crippen LogP contribution in [0.25, 0.3) is 17.2 Å². The summed E-state index contributed by atoms with van der Waals surface area (Å²) in [4.78, 5) is 18.9. The van der Waals surface area contributed by atoms with Gasteiger partial charge in [0, 0.05) is 37.8 Å². The minimum Gasteiger partial charge on any atom is -0.437 e. The Morgan fingerprint density at radius 3 is 2.85 bits per heavy atom. The van der Waals surface area contributed by atoms with E-state index in [1.54, 1.807) is 6.08 Å². The van der Waals surface area contributed by atoms with E-state index in [9.17, 15) is 4.79 Å². The molecule has 1 aromatic heterocycles. The average molecular weight is 347 g/mol. The normalized spacial score (nSPS) is 17.9. The van der Waals surface area contributed by atoms with Crippen molar-refractivity contribution in [3.63, 3.8) is 0 Å². The van der Waals surface area contributed by atoms with Crippen LogP contribution >= 0.6 is 0 Å². The van der Waals surface area contributed by atoms with Crippen LogP contribution in [0.15, 0.2) is 65.1 Å². The highest BCUT2D eigenvalue weighted by Gasteiger charge is 2.23. The van der Waals surface area contributed by atoms with E-state index in [0.29, 0.717) is 5.89 Å². The molecule has 1 saturated heterocycles. The van der Waals surface area contributed by atoms with Crippen LogP contribution in [0.5, 0.6) is 0 Å². The Kier molecular flexibility index (Phi) is 4.80. The maximum Gasteiger partial charge on any atom is 0.244 e. The van der Waals surface area contributed by atoms with Gasteiger partial charge < -0.3 is 9.73 Å². The van der Waals surface area contributed by atoms with Gasteiger partial charge in [-0.25, -0.2) is 4.98 Å². The summed E-state index contributed by atoms with van der Waals surface area (Å²) in [5.74, 6) is 0.331. The van der Waals surface area contributed by atoms with Crippen LogP contribution in [0, 0.1) is 0 Å². The molecule has 1 N–H and O–H groups in total. The first-order valence-electron chi connectivity index (χ1n) is 8.87. The van der Waals surface area contributed by atoms with E-state index in [2.05, 4.69) is 39.5 Å². The van der Waals surface area contributed by atoms with Crippen molar-refractivity contribution in [1.82, 2.24) is 15.2 Å². The summed E-state index contributed by atoms with van der Waals surface area (Å²) in [5.41, 5.74) is 2.81. The predicted octanol–water partition coefficient (Wildman–Crippen LogP) is 3.23. The molecule has 26 heavy (non-hydrogen) atoms. The van der Waals surface area contributed by atoms with Gasteiger partial charge in [-0.3, -0.25) is 9.69 Å². The smallest absolute Gasteiger partial charge is 0.244 e. The summed E-state index contributed by atoms with van der Waals surface area (Å²) >= 11 is 0. The molecule has 0 spiro atoms. The van der Waals surface area contributed by atoms with Gasteiger partial charge >= 0.3 is 0 Å². The van der Waals surface area contributed by atoms with E-state index in [4.69, 9.17) is 4.42 Å². The lowest BCUT2D eigenvalue weighted by Crippen LogP contribution is -2.35. The van der Waals surface area contributed by atoms with Crippen molar-refractivity contribution in [2.45, 2.75) is 19.0 Å². The lowest BCUT2D eigenvalue weighted by atomic mass is 10.2. The number of hydrogen-bond acceptors (Lipinski definition) is 4. The lowest BCUT2D eigenvalue weighted by Gasteiger charge is -2.16. The molecule has 2 aromatic carbocycles. The number of rotatable bonds is 5. The zero-order valence-corrected chi connectivity index (χ0v) is 14.5. The number of aromatic nitrogens is 1. The first-order chi connectivity index (χ1) is 12.8. The van der Waals surface area contributed by atoms with Crippen LogP contribution in [0.4, 0.5) is 0 Å². The summed E-state index contributed by atoms with van der Waals surface area (Å²) in [6.07, 6.45) is 4.08. The molecule has 132 valence electrons. The van der Waals surface area contributed by atoms with E-state index in [-0.39, 0.29) is 11.9 Å². The molecule has 2 heterocycles. The highest BCUT2D eigenvalue weighted by Crippen LogP contribution is 2.16. The highest BCUT2D eigenvalue weighted by molar-refractivity contribution is 5.91. The fourth-order valence-corrected chi connectivity index (χ4v) is 3.29. The van der Waals surface area contributed by atoms with Gasteiger partial charge in [-0.05, 0) is 24.1 Å². The van der Waals surface area contributed by atoms with Gasteiger partial charge in [0.1, 0.15) is 5.52 Å². The van der Waals surface area contributed by atoms with Crippen LogP contribution < -0.4 is 5.32 Å². The summed E-state index contributed by atoms with van der Waals surface area (Å²) in [6.45, 7) is 2.79. The summed E-state index contributed by atoms with van der Waals surface area (Å²) in [7, 11) is 0. The van der Waals surface area contributed by atoms with Crippen molar-refractivity contribution >= 4 is 23.1 Å². The molecule has 1 amide bonds. The predicted molar refractivity (Wildman–Crippen MR) is 101 cm³/mol. The summed E-state index contributed by atoms with van der Waals surface area (Å²) in [6, 6.07) is 18.1. The molecule has 0 radical (unpaired) electrons. The second kappa shape index (κ2) is 7.54. The first-order valence-corrected chi connectivity index (χ1v) is 8.87. The number of para-hydroxylation sites is 2. The molecule has 1 fully saturated rings. The lowest BCUT2D eigenvalue weighted by molar-refractivity contribution is -0.117. The molecule has 1 aliphatic heterocycles. The van der Waals surface area contributed by atoms with E-state index >= 15 is 0 Å². The van der Waals surface area contributed by atoms with Crippen LogP contribution in [0.2, 0.25) is 0 Å². The zero-order chi connectivity index (χ0) is 17.8. The molecular formula is C21H21N3O2. The number of fused-ring (bicyclic) bond motifs is 1. The van der Waals surface area contributed by atoms with Gasteiger partial charge in [0.25, 0.3) is 0 Å². The standard InChI is InChI=1S/C21H21N3O2/c25-20(10-11-21-23-18-8-4-5-9-19(18)26-21)22-17-12-13-24(15-17)14-16-6-2-1-3-7-16/h1-11,17H,12-15H2,(H,22,25)/b11-10+. The topological polar surface area (TPSA) is 58.4 Å². The number of oxazole rings is 1. The number of amides is 1. The van der Waals surface area contributed by atoms with E-state index in [1.807, 2.05) is 30.3 Å². The van der Waals surface area contributed by atoms with Crippen molar-refractivity contribution in [2.24, 2.45) is 0 Å². The molecule has 1 aliphatic rings. The quantitative estimate of drug-likeness (QED) is 0.720. The molecule has 3 aromatic rings. The van der Waals surface area contributed by atoms with E-state index in [1.165, 1.54) is 11.6 Å². The Hall–Kier alpha value is -2.92.